The number of carbonyl (C=O) groups is 2. The van der Waals surface area contributed by atoms with Gasteiger partial charge in [-0.1, -0.05) is 42.5 Å². The van der Waals surface area contributed by atoms with E-state index in [1.807, 2.05) is 24.3 Å². The van der Waals surface area contributed by atoms with Crippen LogP contribution in [-0.4, -0.2) is 53.3 Å². The second kappa shape index (κ2) is 10.1. The minimum Gasteiger partial charge on any atom is -0.475 e. The van der Waals surface area contributed by atoms with Crippen molar-refractivity contribution in [2.75, 3.05) is 0 Å². The van der Waals surface area contributed by atoms with Crippen LogP contribution in [0.2, 0.25) is 0 Å². The highest BCUT2D eigenvalue weighted by molar-refractivity contribution is 7.71. The van der Waals surface area contributed by atoms with Crippen LogP contribution < -0.4 is 5.32 Å². The summed E-state index contributed by atoms with van der Waals surface area (Å²) in [6.07, 6.45) is -1.47. The highest BCUT2D eigenvalue weighted by atomic mass is 32.1. The number of aliphatic carboxylic acids is 1. The maximum Gasteiger partial charge on any atom is 0.490 e. The smallest absolute Gasteiger partial charge is 0.475 e. The highest BCUT2D eigenvalue weighted by Gasteiger charge is 2.38. The fourth-order valence-corrected chi connectivity index (χ4v) is 4.51. The predicted octanol–water partition coefficient (Wildman–Crippen LogP) is 4.47. The highest BCUT2D eigenvalue weighted by Crippen LogP contribution is 2.47. The molecule has 0 saturated heterocycles. The molecule has 14 heteroatoms. The van der Waals surface area contributed by atoms with Gasteiger partial charge in [0.15, 0.2) is 0 Å². The number of hydrogen-bond donors (Lipinski definition) is 5. The van der Waals surface area contributed by atoms with Crippen molar-refractivity contribution in [1.82, 2.24) is 35.5 Å². The average Bonchev–Trinajstić information content (AvgIpc) is 3.60. The Morgan fingerprint density at radius 2 is 1.72 bits per heavy atom. The number of hydrogen-bond acceptors (Lipinski definition) is 6. The monoisotopic (exact) mass is 553 g/mol. The van der Waals surface area contributed by atoms with Gasteiger partial charge in [0.25, 0.3) is 0 Å². The van der Waals surface area contributed by atoms with Crippen molar-refractivity contribution in [2.45, 2.75) is 18.6 Å². The summed E-state index contributed by atoms with van der Waals surface area (Å²) < 4.78 is 32.1. The van der Waals surface area contributed by atoms with E-state index >= 15 is 0 Å². The first-order valence-electron chi connectivity index (χ1n) is 11.4. The number of halogens is 3. The van der Waals surface area contributed by atoms with Crippen LogP contribution in [0, 0.1) is 4.77 Å². The van der Waals surface area contributed by atoms with Gasteiger partial charge in [-0.2, -0.15) is 13.2 Å². The molecule has 1 aliphatic rings. The van der Waals surface area contributed by atoms with Crippen LogP contribution in [0.1, 0.15) is 23.0 Å². The van der Waals surface area contributed by atoms with E-state index in [4.69, 9.17) is 27.1 Å². The topological polar surface area (TPSA) is 152 Å². The number of imidazole rings is 1. The van der Waals surface area contributed by atoms with Gasteiger partial charge in [-0.3, -0.25) is 20.0 Å². The lowest BCUT2D eigenvalue weighted by Crippen LogP contribution is -2.29. The maximum atomic E-state index is 12.8. The molecule has 3 aromatic heterocycles. The Bertz CT molecular complexity index is 1730. The molecule has 0 fully saturated rings. The minimum absolute atomic E-state index is 0.109. The van der Waals surface area contributed by atoms with Gasteiger partial charge in [-0.05, 0) is 40.5 Å². The van der Waals surface area contributed by atoms with Crippen LogP contribution in [0.4, 0.5) is 13.2 Å². The number of nitrogens with one attached hydrogen (secondary N) is 4. The fraction of sp³-hybridized carbons (Fsp3) is 0.120. The quantitative estimate of drug-likeness (QED) is 0.206. The number of benzene rings is 2. The van der Waals surface area contributed by atoms with Crippen molar-refractivity contribution in [2.24, 2.45) is 0 Å². The number of rotatable bonds is 4. The van der Waals surface area contributed by atoms with Crippen molar-refractivity contribution in [1.29, 1.82) is 0 Å². The zero-order valence-electron chi connectivity index (χ0n) is 19.7. The van der Waals surface area contributed by atoms with Crippen molar-refractivity contribution in [3.05, 3.63) is 82.6 Å². The molecule has 0 spiro atoms. The van der Waals surface area contributed by atoms with E-state index in [0.717, 1.165) is 44.7 Å². The van der Waals surface area contributed by atoms with Crippen LogP contribution in [0.5, 0.6) is 0 Å². The minimum atomic E-state index is -5.08. The van der Waals surface area contributed by atoms with Gasteiger partial charge in [-0.15, -0.1) is 0 Å². The molecule has 0 aliphatic heterocycles. The standard InChI is InChI=1S/C23H17N7OS.C2HF3O2/c31-19(10-18-27-23(32)30-29-18)28-21-13-5-2-1-4-12(13)20-14(21)6-3-7-15(20)22-25-16-8-9-24-11-17(16)26-22;3-2(4,5)1(6)7/h1-9,11,21H,10H2,(H,25,26)(H,28,31)(H2,27,29,30,32);(H,6,7). The zero-order valence-corrected chi connectivity index (χ0v) is 20.5. The summed E-state index contributed by atoms with van der Waals surface area (Å²) in [7, 11) is 0. The summed E-state index contributed by atoms with van der Waals surface area (Å²) in [4.78, 5) is 38.2. The van der Waals surface area contributed by atoms with E-state index < -0.39 is 12.1 Å². The molecule has 5 N–H and O–H groups in total. The van der Waals surface area contributed by atoms with Crippen LogP contribution in [-0.2, 0) is 16.0 Å². The lowest BCUT2D eigenvalue weighted by Gasteiger charge is -2.16. The summed E-state index contributed by atoms with van der Waals surface area (Å²) in [6.45, 7) is 0. The lowest BCUT2D eigenvalue weighted by molar-refractivity contribution is -0.192. The van der Waals surface area contributed by atoms with Crippen LogP contribution >= 0.6 is 12.2 Å². The third-order valence-corrected chi connectivity index (χ3v) is 6.11. The first-order valence-corrected chi connectivity index (χ1v) is 11.8. The largest absolute Gasteiger partial charge is 0.490 e. The van der Waals surface area contributed by atoms with Gasteiger partial charge < -0.3 is 15.4 Å². The molecular formula is C25H18F3N7O3S. The lowest BCUT2D eigenvalue weighted by atomic mass is 9.99. The van der Waals surface area contributed by atoms with E-state index in [0.29, 0.717) is 10.6 Å². The van der Waals surface area contributed by atoms with E-state index in [1.165, 1.54) is 0 Å². The molecule has 10 nitrogen and oxygen atoms in total. The van der Waals surface area contributed by atoms with Gasteiger partial charge in [0, 0.05) is 11.8 Å². The number of fused-ring (bicyclic) bond motifs is 4. The Hall–Kier alpha value is -4.85. The van der Waals surface area contributed by atoms with E-state index in [-0.39, 0.29) is 18.4 Å². The first kappa shape index (κ1) is 25.8. The Morgan fingerprint density at radius 3 is 2.41 bits per heavy atom. The third-order valence-electron chi connectivity index (χ3n) is 5.91. The van der Waals surface area contributed by atoms with Crippen molar-refractivity contribution in [3.8, 4) is 22.5 Å². The molecular weight excluding hydrogens is 535 g/mol. The van der Waals surface area contributed by atoms with E-state index in [9.17, 15) is 18.0 Å². The number of pyridine rings is 1. The molecule has 0 bridgehead atoms. The number of H-pyrrole nitrogens is 3. The zero-order chi connectivity index (χ0) is 27.7. The molecule has 6 rings (SSSR count). The molecule has 1 aliphatic carbocycles. The molecule has 1 atom stereocenters. The van der Waals surface area contributed by atoms with Crippen LogP contribution in [0.25, 0.3) is 33.5 Å². The molecule has 198 valence electrons. The molecule has 39 heavy (non-hydrogen) atoms. The number of aromatic amines is 3. The van der Waals surface area contributed by atoms with Gasteiger partial charge in [0.05, 0.1) is 29.7 Å². The fourth-order valence-electron chi connectivity index (χ4n) is 4.34. The maximum absolute atomic E-state index is 12.8. The summed E-state index contributed by atoms with van der Waals surface area (Å²) in [5.74, 6) is -1.62. The Labute approximate surface area is 222 Å². The van der Waals surface area contributed by atoms with Gasteiger partial charge >= 0.3 is 12.1 Å². The summed E-state index contributed by atoms with van der Waals surface area (Å²) in [5.41, 5.74) is 6.97. The Kier molecular flexibility index (Phi) is 6.70. The molecule has 2 aromatic carbocycles. The Balaban J connectivity index is 0.000000392. The van der Waals surface area contributed by atoms with Crippen molar-refractivity contribution in [3.63, 3.8) is 0 Å². The van der Waals surface area contributed by atoms with Gasteiger partial charge in [0.2, 0.25) is 10.7 Å². The molecule has 1 amide bonds. The average molecular weight is 554 g/mol. The van der Waals surface area contributed by atoms with Gasteiger partial charge in [0.1, 0.15) is 11.6 Å². The van der Waals surface area contributed by atoms with Crippen LogP contribution in [0.15, 0.2) is 60.9 Å². The summed E-state index contributed by atoms with van der Waals surface area (Å²) >= 11 is 4.98. The van der Waals surface area contributed by atoms with Gasteiger partial charge in [-0.25, -0.2) is 14.8 Å². The number of alkyl halides is 3. The first-order chi connectivity index (χ1) is 18.6. The number of carboxylic acids is 1. The number of amides is 1. The van der Waals surface area contributed by atoms with Crippen LogP contribution in [0.3, 0.4) is 0 Å². The second-order valence-corrected chi connectivity index (χ2v) is 8.82. The van der Waals surface area contributed by atoms with Crippen molar-refractivity contribution < 1.29 is 27.9 Å². The Morgan fingerprint density at radius 1 is 1.00 bits per heavy atom. The molecule has 0 saturated carbocycles. The number of nitrogens with zero attached hydrogens (tertiary/aromatic N) is 3. The third kappa shape index (κ3) is 5.27. The summed E-state index contributed by atoms with van der Waals surface area (Å²) in [5, 5.41) is 15.8. The van der Waals surface area contributed by atoms with E-state index in [1.54, 1.807) is 12.4 Å². The normalized spacial score (nSPS) is 13.8. The molecule has 1 unspecified atom stereocenters. The molecule has 3 heterocycles. The van der Waals surface area contributed by atoms with E-state index in [2.05, 4.69) is 54.7 Å². The number of aromatic nitrogens is 6. The molecule has 0 radical (unpaired) electrons. The second-order valence-electron chi connectivity index (χ2n) is 8.43. The SMILES string of the molecule is O=C(Cc1nc(=S)[nH][nH]1)NC1c2ccccc2-c2c(-c3nc4ccncc4[nH]3)cccc21.O=C(O)C(F)(F)F. The number of carboxylic acid groups (broad SMARTS) is 1. The predicted molar refractivity (Wildman–Crippen MR) is 136 cm³/mol. The molecule has 5 aromatic rings. The number of carbonyl (C=O) groups excluding carboxylic acids is 1. The van der Waals surface area contributed by atoms with Crippen molar-refractivity contribution >= 4 is 35.1 Å². The summed E-state index contributed by atoms with van der Waals surface area (Å²) in [6, 6.07) is 15.8.